The molecule has 0 spiro atoms. The average Bonchev–Trinajstić information content (AvgIpc) is 2.79. The Bertz CT molecular complexity index is 379. The Morgan fingerprint density at radius 3 is 2.94 bits per heavy atom. The molecule has 1 aromatic heterocycles. The standard InChI is InChI=1S/C11H18N4O.ClH/c1-15-10(5-6-13-15)14-11(16)7-8-3-2-4-9(8)12;/h5-6,8-9H,2-4,7,12H2,1H3,(H,14,16);1H/t8-,9+;/m0./s1. The van der Waals surface area contributed by atoms with Gasteiger partial charge in [-0.3, -0.25) is 9.48 Å². The first-order valence-electron chi connectivity index (χ1n) is 5.70. The number of nitrogens with zero attached hydrogens (tertiary/aromatic N) is 2. The number of nitrogens with one attached hydrogen (secondary N) is 1. The van der Waals surface area contributed by atoms with E-state index in [1.165, 1.54) is 0 Å². The lowest BCUT2D eigenvalue weighted by Gasteiger charge is -2.14. The third-order valence-corrected chi connectivity index (χ3v) is 3.25. The van der Waals surface area contributed by atoms with Gasteiger partial charge in [-0.2, -0.15) is 5.10 Å². The van der Waals surface area contributed by atoms with E-state index in [9.17, 15) is 4.79 Å². The molecule has 0 radical (unpaired) electrons. The van der Waals surface area contributed by atoms with Gasteiger partial charge in [0.1, 0.15) is 5.82 Å². The monoisotopic (exact) mass is 258 g/mol. The number of aryl methyl sites for hydroxylation is 1. The van der Waals surface area contributed by atoms with Crippen LogP contribution in [-0.2, 0) is 11.8 Å². The number of carbonyl (C=O) groups is 1. The molecule has 5 nitrogen and oxygen atoms in total. The van der Waals surface area contributed by atoms with Crippen LogP contribution in [0, 0.1) is 5.92 Å². The van der Waals surface area contributed by atoms with E-state index in [0.717, 1.165) is 25.1 Å². The Kier molecular flexibility index (Phi) is 4.96. The summed E-state index contributed by atoms with van der Waals surface area (Å²) in [6.45, 7) is 0. The van der Waals surface area contributed by atoms with Crippen LogP contribution in [0.2, 0.25) is 0 Å². The Morgan fingerprint density at radius 2 is 2.41 bits per heavy atom. The average molecular weight is 259 g/mol. The number of halogens is 1. The van der Waals surface area contributed by atoms with Crippen LogP contribution in [0.3, 0.4) is 0 Å². The lowest BCUT2D eigenvalue weighted by Crippen LogP contribution is -2.28. The number of carbonyl (C=O) groups excluding carboxylic acids is 1. The first-order chi connectivity index (χ1) is 7.66. The molecule has 2 rings (SSSR count). The minimum Gasteiger partial charge on any atom is -0.327 e. The molecule has 1 fully saturated rings. The van der Waals surface area contributed by atoms with E-state index < -0.39 is 0 Å². The summed E-state index contributed by atoms with van der Waals surface area (Å²) in [5, 5.41) is 6.84. The zero-order valence-corrected chi connectivity index (χ0v) is 10.7. The zero-order valence-electron chi connectivity index (χ0n) is 9.93. The predicted molar refractivity (Wildman–Crippen MR) is 69.0 cm³/mol. The number of nitrogens with two attached hydrogens (primary N) is 1. The highest BCUT2D eigenvalue weighted by Crippen LogP contribution is 2.27. The van der Waals surface area contributed by atoms with Crippen LogP contribution in [-0.4, -0.2) is 21.7 Å². The topological polar surface area (TPSA) is 72.9 Å². The van der Waals surface area contributed by atoms with Crippen LogP contribution in [0.15, 0.2) is 12.3 Å². The Balaban J connectivity index is 0.00000144. The molecule has 0 bridgehead atoms. The highest BCUT2D eigenvalue weighted by Gasteiger charge is 2.26. The molecule has 17 heavy (non-hydrogen) atoms. The Hall–Kier alpha value is -1.07. The Labute approximate surface area is 107 Å². The minimum atomic E-state index is 0. The number of amides is 1. The van der Waals surface area contributed by atoms with Crippen molar-refractivity contribution in [3.8, 4) is 0 Å². The summed E-state index contributed by atoms with van der Waals surface area (Å²) >= 11 is 0. The van der Waals surface area contributed by atoms with Crippen LogP contribution in [0.25, 0.3) is 0 Å². The van der Waals surface area contributed by atoms with Crippen molar-refractivity contribution in [2.45, 2.75) is 31.7 Å². The van der Waals surface area contributed by atoms with E-state index in [1.807, 2.05) is 0 Å². The van der Waals surface area contributed by atoms with Crippen molar-refractivity contribution in [1.82, 2.24) is 9.78 Å². The van der Waals surface area contributed by atoms with E-state index in [4.69, 9.17) is 5.73 Å². The molecule has 1 aliphatic rings. The van der Waals surface area contributed by atoms with Crippen LogP contribution in [0.1, 0.15) is 25.7 Å². The van der Waals surface area contributed by atoms with Crippen molar-refractivity contribution in [2.24, 2.45) is 18.7 Å². The van der Waals surface area contributed by atoms with E-state index in [-0.39, 0.29) is 24.4 Å². The zero-order chi connectivity index (χ0) is 11.5. The number of aromatic nitrogens is 2. The third-order valence-electron chi connectivity index (χ3n) is 3.25. The minimum absolute atomic E-state index is 0. The molecule has 1 amide bonds. The maximum absolute atomic E-state index is 11.8. The second-order valence-electron chi connectivity index (χ2n) is 4.45. The van der Waals surface area contributed by atoms with Crippen LogP contribution >= 0.6 is 12.4 Å². The van der Waals surface area contributed by atoms with Gasteiger partial charge in [0.15, 0.2) is 0 Å². The molecule has 96 valence electrons. The van der Waals surface area contributed by atoms with Gasteiger partial charge in [-0.15, -0.1) is 12.4 Å². The Morgan fingerprint density at radius 1 is 1.65 bits per heavy atom. The summed E-state index contributed by atoms with van der Waals surface area (Å²) in [6, 6.07) is 1.98. The molecule has 0 aliphatic heterocycles. The van der Waals surface area contributed by atoms with Gasteiger partial charge >= 0.3 is 0 Å². The van der Waals surface area contributed by atoms with Gasteiger partial charge in [0.2, 0.25) is 5.91 Å². The molecular weight excluding hydrogens is 240 g/mol. The number of hydrogen-bond acceptors (Lipinski definition) is 3. The molecule has 0 saturated heterocycles. The fourth-order valence-electron chi connectivity index (χ4n) is 2.25. The molecule has 6 heteroatoms. The van der Waals surface area contributed by atoms with E-state index in [1.54, 1.807) is 24.0 Å². The van der Waals surface area contributed by atoms with E-state index >= 15 is 0 Å². The maximum atomic E-state index is 11.8. The normalized spacial score (nSPS) is 23.2. The first kappa shape index (κ1) is 14.0. The predicted octanol–water partition coefficient (Wildman–Crippen LogP) is 1.30. The smallest absolute Gasteiger partial charge is 0.225 e. The van der Waals surface area contributed by atoms with Gasteiger partial charge in [-0.05, 0) is 18.8 Å². The van der Waals surface area contributed by atoms with Gasteiger partial charge in [0.05, 0.1) is 6.20 Å². The molecule has 0 aromatic carbocycles. The fraction of sp³-hybridized carbons (Fsp3) is 0.636. The number of rotatable bonds is 3. The van der Waals surface area contributed by atoms with Crippen molar-refractivity contribution < 1.29 is 4.79 Å². The number of anilines is 1. The molecule has 2 atom stereocenters. The number of hydrogen-bond donors (Lipinski definition) is 2. The van der Waals surface area contributed by atoms with Crippen molar-refractivity contribution >= 4 is 24.1 Å². The summed E-state index contributed by atoms with van der Waals surface area (Å²) in [6.07, 6.45) is 5.44. The largest absolute Gasteiger partial charge is 0.327 e. The first-order valence-corrected chi connectivity index (χ1v) is 5.70. The van der Waals surface area contributed by atoms with Gasteiger partial charge in [-0.25, -0.2) is 0 Å². The molecule has 1 aliphatic carbocycles. The third kappa shape index (κ3) is 3.44. The molecular formula is C11H19ClN4O. The van der Waals surface area contributed by atoms with E-state index in [0.29, 0.717) is 12.3 Å². The lowest BCUT2D eigenvalue weighted by atomic mass is 10.00. The molecule has 1 aromatic rings. The highest BCUT2D eigenvalue weighted by atomic mass is 35.5. The van der Waals surface area contributed by atoms with Gasteiger partial charge in [0.25, 0.3) is 0 Å². The van der Waals surface area contributed by atoms with Gasteiger partial charge in [0, 0.05) is 25.6 Å². The van der Waals surface area contributed by atoms with E-state index in [2.05, 4.69) is 10.4 Å². The molecule has 3 N–H and O–H groups in total. The maximum Gasteiger partial charge on any atom is 0.225 e. The molecule has 1 heterocycles. The summed E-state index contributed by atoms with van der Waals surface area (Å²) in [5.41, 5.74) is 5.93. The fourth-order valence-corrected chi connectivity index (χ4v) is 2.25. The summed E-state index contributed by atoms with van der Waals surface area (Å²) < 4.78 is 1.65. The summed E-state index contributed by atoms with van der Waals surface area (Å²) in [4.78, 5) is 11.8. The lowest BCUT2D eigenvalue weighted by molar-refractivity contribution is -0.117. The second kappa shape index (κ2) is 6.02. The van der Waals surface area contributed by atoms with Gasteiger partial charge < -0.3 is 11.1 Å². The van der Waals surface area contributed by atoms with Crippen molar-refractivity contribution in [3.63, 3.8) is 0 Å². The van der Waals surface area contributed by atoms with Crippen LogP contribution in [0.4, 0.5) is 5.82 Å². The quantitative estimate of drug-likeness (QED) is 0.858. The highest BCUT2D eigenvalue weighted by molar-refractivity contribution is 5.90. The molecule has 1 saturated carbocycles. The summed E-state index contributed by atoms with van der Waals surface area (Å²) in [5.74, 6) is 1.11. The van der Waals surface area contributed by atoms with Crippen LogP contribution < -0.4 is 11.1 Å². The summed E-state index contributed by atoms with van der Waals surface area (Å²) in [7, 11) is 1.80. The van der Waals surface area contributed by atoms with Crippen molar-refractivity contribution in [2.75, 3.05) is 5.32 Å². The molecule has 0 unspecified atom stereocenters. The SMILES string of the molecule is Cl.Cn1nccc1NC(=O)C[C@@H]1CCC[C@H]1N. The van der Waals surface area contributed by atoms with Crippen LogP contribution in [0.5, 0.6) is 0 Å². The van der Waals surface area contributed by atoms with Crippen molar-refractivity contribution in [3.05, 3.63) is 12.3 Å². The van der Waals surface area contributed by atoms with Gasteiger partial charge in [-0.1, -0.05) is 6.42 Å². The second-order valence-corrected chi connectivity index (χ2v) is 4.45. The van der Waals surface area contributed by atoms with Crippen molar-refractivity contribution in [1.29, 1.82) is 0 Å².